The Hall–Kier alpha value is -4.70. The van der Waals surface area contributed by atoms with E-state index in [1.54, 1.807) is 83.9 Å². The summed E-state index contributed by atoms with van der Waals surface area (Å²) in [5.74, 6) is -1.79. The molecule has 10 heteroatoms. The number of methoxy groups -OCH3 is 1. The number of Topliss-reactive ketones (excluding diaryl/α,β-unsaturated/α-hetero) is 2. The van der Waals surface area contributed by atoms with E-state index in [1.807, 2.05) is 6.07 Å². The molecule has 9 nitrogen and oxygen atoms in total. The number of carbonyl (C=O) groups is 4. The van der Waals surface area contributed by atoms with Crippen LogP contribution >= 0.6 is 15.9 Å². The molecule has 0 bridgehead atoms. The third-order valence-corrected chi connectivity index (χ3v) is 8.95. The van der Waals surface area contributed by atoms with Crippen molar-refractivity contribution >= 4 is 45.0 Å². The van der Waals surface area contributed by atoms with Gasteiger partial charge in [0.2, 0.25) is 11.8 Å². The standard InChI is InChI=1S/C33H25BrN2O7/c1-41-24-9-7-19(15-22(24)34)31(38)29-28-27(23-16-20(11-12-35(23)29)30(37)18-5-3-2-4-6-18)32(39)36(33(28)40)21-8-10-25-26(17-21)43-14-13-42-25/h2-12,15-17,23,27-29H,13-14H2,1H3/t23-,27+,28-,29+/m1/s1. The van der Waals surface area contributed by atoms with Gasteiger partial charge in [0.15, 0.2) is 23.1 Å². The first-order chi connectivity index (χ1) is 20.9. The molecule has 0 saturated carbocycles. The van der Waals surface area contributed by atoms with Gasteiger partial charge in [0.05, 0.1) is 35.1 Å². The molecular weight excluding hydrogens is 616 g/mol. The van der Waals surface area contributed by atoms with Crippen molar-refractivity contribution in [3.63, 3.8) is 0 Å². The van der Waals surface area contributed by atoms with Crippen molar-refractivity contribution in [2.24, 2.45) is 11.8 Å². The number of carbonyl (C=O) groups excluding carboxylic acids is 4. The van der Waals surface area contributed by atoms with Gasteiger partial charge < -0.3 is 19.1 Å². The summed E-state index contributed by atoms with van der Waals surface area (Å²) in [6.45, 7) is 0.759. The number of benzene rings is 3. The Morgan fingerprint density at radius 2 is 1.63 bits per heavy atom. The number of ketones is 2. The van der Waals surface area contributed by atoms with E-state index in [-0.39, 0.29) is 11.6 Å². The van der Waals surface area contributed by atoms with Crippen molar-refractivity contribution in [1.29, 1.82) is 0 Å². The highest BCUT2D eigenvalue weighted by Crippen LogP contribution is 2.48. The van der Waals surface area contributed by atoms with Gasteiger partial charge in [-0.2, -0.15) is 0 Å². The summed E-state index contributed by atoms with van der Waals surface area (Å²) in [4.78, 5) is 58.7. The minimum atomic E-state index is -0.980. The molecule has 0 aromatic heterocycles. The van der Waals surface area contributed by atoms with Crippen LogP contribution in [-0.4, -0.2) is 60.7 Å². The fourth-order valence-electron chi connectivity index (χ4n) is 6.37. The van der Waals surface area contributed by atoms with Crippen LogP contribution in [0.2, 0.25) is 0 Å². The van der Waals surface area contributed by atoms with Gasteiger partial charge in [-0.05, 0) is 52.3 Å². The number of nitrogens with zero attached hydrogens (tertiary/aromatic N) is 2. The molecule has 7 rings (SSSR count). The normalized spacial score (nSPS) is 23.5. The first-order valence-electron chi connectivity index (χ1n) is 13.8. The summed E-state index contributed by atoms with van der Waals surface area (Å²) in [7, 11) is 1.53. The Kier molecular flexibility index (Phi) is 6.65. The first-order valence-corrected chi connectivity index (χ1v) is 14.6. The molecule has 0 unspecified atom stereocenters. The number of amides is 2. The van der Waals surface area contributed by atoms with Crippen LogP contribution in [0, 0.1) is 11.8 Å². The van der Waals surface area contributed by atoms with Crippen LogP contribution in [-0.2, 0) is 9.59 Å². The minimum absolute atomic E-state index is 0.206. The molecule has 2 amide bonds. The third kappa shape index (κ3) is 4.36. The molecule has 0 spiro atoms. The van der Waals surface area contributed by atoms with Crippen molar-refractivity contribution in [2.75, 3.05) is 25.2 Å². The second-order valence-corrected chi connectivity index (χ2v) is 11.5. The van der Waals surface area contributed by atoms with Gasteiger partial charge in [-0.15, -0.1) is 0 Å². The van der Waals surface area contributed by atoms with E-state index < -0.39 is 35.7 Å². The number of allylic oxidation sites excluding steroid dienone is 2. The average molecular weight is 641 g/mol. The highest BCUT2D eigenvalue weighted by molar-refractivity contribution is 9.10. The highest BCUT2D eigenvalue weighted by atomic mass is 79.9. The molecule has 216 valence electrons. The van der Waals surface area contributed by atoms with Crippen LogP contribution in [0.25, 0.3) is 0 Å². The number of hydrogen-bond donors (Lipinski definition) is 0. The van der Waals surface area contributed by atoms with Crippen LogP contribution in [0.3, 0.4) is 0 Å². The van der Waals surface area contributed by atoms with Crippen molar-refractivity contribution < 1.29 is 33.4 Å². The number of imide groups is 1. The number of rotatable bonds is 6. The van der Waals surface area contributed by atoms with Crippen LogP contribution < -0.4 is 19.1 Å². The molecule has 0 aliphatic carbocycles. The number of anilines is 1. The molecule has 4 aliphatic rings. The molecule has 4 aliphatic heterocycles. The second kappa shape index (κ2) is 10.5. The van der Waals surface area contributed by atoms with E-state index >= 15 is 0 Å². The second-order valence-electron chi connectivity index (χ2n) is 10.6. The number of halogens is 1. The lowest BCUT2D eigenvalue weighted by molar-refractivity contribution is -0.123. The molecular formula is C33H25BrN2O7. The van der Waals surface area contributed by atoms with E-state index in [1.165, 1.54) is 7.11 Å². The summed E-state index contributed by atoms with van der Waals surface area (Å²) in [5.41, 5.74) is 1.60. The van der Waals surface area contributed by atoms with E-state index in [0.29, 0.717) is 57.3 Å². The smallest absolute Gasteiger partial charge is 0.240 e. The maximum Gasteiger partial charge on any atom is 0.240 e. The predicted molar refractivity (Wildman–Crippen MR) is 159 cm³/mol. The summed E-state index contributed by atoms with van der Waals surface area (Å²) in [6, 6.07) is 17.1. The van der Waals surface area contributed by atoms with Crippen LogP contribution in [0.5, 0.6) is 17.2 Å². The Balaban J connectivity index is 1.30. The summed E-state index contributed by atoms with van der Waals surface area (Å²) >= 11 is 3.44. The van der Waals surface area contributed by atoms with Crippen molar-refractivity contribution in [3.8, 4) is 17.2 Å². The van der Waals surface area contributed by atoms with Gasteiger partial charge in [0.25, 0.3) is 0 Å². The molecule has 3 aromatic rings. The molecule has 0 radical (unpaired) electrons. The highest BCUT2D eigenvalue weighted by Gasteiger charge is 2.63. The maximum atomic E-state index is 14.2. The fraction of sp³-hybridized carbons (Fsp3) is 0.212. The Morgan fingerprint density at radius 1 is 0.884 bits per heavy atom. The number of fused-ring (bicyclic) bond motifs is 4. The van der Waals surface area contributed by atoms with E-state index in [0.717, 1.165) is 4.90 Å². The van der Waals surface area contributed by atoms with E-state index in [2.05, 4.69) is 15.9 Å². The maximum absolute atomic E-state index is 14.2. The SMILES string of the molecule is COc1ccc(C(=O)[C@@H]2[C@@H]3C(=O)N(c4ccc5c(c4)OCCO5)C(=O)[C@H]3[C@H]3C=C(C(=O)c4ccccc4)C=CN32)cc1Br. The van der Waals surface area contributed by atoms with E-state index in [4.69, 9.17) is 14.2 Å². The Bertz CT molecular complexity index is 1750. The summed E-state index contributed by atoms with van der Waals surface area (Å²) < 4.78 is 17.2. The van der Waals surface area contributed by atoms with Crippen molar-refractivity contribution in [1.82, 2.24) is 4.90 Å². The Morgan fingerprint density at radius 3 is 2.37 bits per heavy atom. The third-order valence-electron chi connectivity index (χ3n) is 8.34. The van der Waals surface area contributed by atoms with Crippen molar-refractivity contribution in [3.05, 3.63) is 106 Å². The van der Waals surface area contributed by atoms with Crippen molar-refractivity contribution in [2.45, 2.75) is 12.1 Å². The van der Waals surface area contributed by atoms with Gasteiger partial charge in [0.1, 0.15) is 25.0 Å². The predicted octanol–water partition coefficient (Wildman–Crippen LogP) is 4.61. The van der Waals surface area contributed by atoms with Crippen LogP contribution in [0.4, 0.5) is 5.69 Å². The molecule has 0 N–H and O–H groups in total. The van der Waals surface area contributed by atoms with Gasteiger partial charge in [-0.3, -0.25) is 19.2 Å². The molecule has 43 heavy (non-hydrogen) atoms. The van der Waals surface area contributed by atoms with E-state index in [9.17, 15) is 19.2 Å². The van der Waals surface area contributed by atoms with Gasteiger partial charge >= 0.3 is 0 Å². The summed E-state index contributed by atoms with van der Waals surface area (Å²) in [5, 5.41) is 0. The monoisotopic (exact) mass is 640 g/mol. The van der Waals surface area contributed by atoms with Crippen LogP contribution in [0.1, 0.15) is 20.7 Å². The molecule has 3 aromatic carbocycles. The Labute approximate surface area is 255 Å². The van der Waals surface area contributed by atoms with Crippen LogP contribution in [0.15, 0.2) is 95.1 Å². The average Bonchev–Trinajstić information content (AvgIpc) is 3.51. The fourth-order valence-corrected chi connectivity index (χ4v) is 6.91. The lowest BCUT2D eigenvalue weighted by Gasteiger charge is -2.33. The van der Waals surface area contributed by atoms with Gasteiger partial charge in [0, 0.05) is 29.0 Å². The zero-order valence-corrected chi connectivity index (χ0v) is 24.5. The zero-order chi connectivity index (χ0) is 29.8. The quantitative estimate of drug-likeness (QED) is 0.284. The first kappa shape index (κ1) is 27.2. The van der Waals surface area contributed by atoms with Gasteiger partial charge in [-0.25, -0.2) is 4.90 Å². The number of ether oxygens (including phenoxy) is 3. The lowest BCUT2D eigenvalue weighted by Crippen LogP contribution is -2.46. The molecule has 2 saturated heterocycles. The largest absolute Gasteiger partial charge is 0.496 e. The lowest BCUT2D eigenvalue weighted by atomic mass is 9.85. The molecule has 4 atom stereocenters. The molecule has 2 fully saturated rings. The number of hydrogen-bond acceptors (Lipinski definition) is 8. The van der Waals surface area contributed by atoms with Gasteiger partial charge in [-0.1, -0.05) is 36.4 Å². The molecule has 4 heterocycles. The minimum Gasteiger partial charge on any atom is -0.496 e. The topological polar surface area (TPSA) is 102 Å². The summed E-state index contributed by atoms with van der Waals surface area (Å²) in [6.07, 6.45) is 5.02. The zero-order valence-electron chi connectivity index (χ0n) is 22.9.